The van der Waals surface area contributed by atoms with Gasteiger partial charge in [0.25, 0.3) is 0 Å². The van der Waals surface area contributed by atoms with Crippen molar-refractivity contribution in [2.24, 2.45) is 0 Å². The molecule has 2 rings (SSSR count). The van der Waals surface area contributed by atoms with Crippen molar-refractivity contribution in [3.8, 4) is 0 Å². The number of aliphatic hydroxyl groups excluding tert-OH is 1. The van der Waals surface area contributed by atoms with Crippen LogP contribution in [-0.4, -0.2) is 11.2 Å². The smallest absolute Gasteiger partial charge is 0.0584 e. The first-order chi connectivity index (χ1) is 5.77. The van der Waals surface area contributed by atoms with Crippen LogP contribution in [0.15, 0.2) is 22.7 Å². The van der Waals surface area contributed by atoms with E-state index in [-0.39, 0.29) is 6.10 Å². The fourth-order valence-corrected chi connectivity index (χ4v) is 2.30. The summed E-state index contributed by atoms with van der Waals surface area (Å²) in [6, 6.07) is 6.24. The molecule has 1 aromatic carbocycles. The van der Waals surface area contributed by atoms with Gasteiger partial charge in [0, 0.05) is 4.47 Å². The summed E-state index contributed by atoms with van der Waals surface area (Å²) in [6.07, 6.45) is 2.58. The average Bonchev–Trinajstić information content (AvgIpc) is 2.07. The molecule has 0 aromatic heterocycles. The first kappa shape index (κ1) is 8.27. The first-order valence-electron chi connectivity index (χ1n) is 4.21. The summed E-state index contributed by atoms with van der Waals surface area (Å²) in [5.41, 5.74) is 2.67. The van der Waals surface area contributed by atoms with Crippen LogP contribution in [0, 0.1) is 0 Å². The Labute approximate surface area is 80.5 Å². The summed E-state index contributed by atoms with van der Waals surface area (Å²) in [4.78, 5) is 0. The van der Waals surface area contributed by atoms with Gasteiger partial charge in [-0.25, -0.2) is 0 Å². The van der Waals surface area contributed by atoms with Crippen LogP contribution in [0.3, 0.4) is 0 Å². The lowest BCUT2D eigenvalue weighted by Crippen LogP contribution is -2.18. The van der Waals surface area contributed by atoms with E-state index in [9.17, 15) is 5.11 Å². The molecule has 0 saturated heterocycles. The molecule has 0 heterocycles. The Morgan fingerprint density at radius 1 is 1.42 bits per heavy atom. The van der Waals surface area contributed by atoms with Gasteiger partial charge in [-0.15, -0.1) is 0 Å². The second kappa shape index (κ2) is 3.19. The normalized spacial score (nSPS) is 22.0. The Bertz CT molecular complexity index is 296. The maximum atomic E-state index is 9.46. The van der Waals surface area contributed by atoms with E-state index in [1.54, 1.807) is 0 Å². The van der Waals surface area contributed by atoms with Crippen LogP contribution in [0.4, 0.5) is 0 Å². The van der Waals surface area contributed by atoms with Crippen LogP contribution < -0.4 is 0 Å². The molecule has 0 fully saturated rings. The quantitative estimate of drug-likeness (QED) is 0.720. The number of fused-ring (bicyclic) bond motifs is 1. The highest BCUT2D eigenvalue weighted by molar-refractivity contribution is 9.10. The lowest BCUT2D eigenvalue weighted by atomic mass is 9.90. The molecule has 0 radical (unpaired) electrons. The van der Waals surface area contributed by atoms with Gasteiger partial charge in [-0.3, -0.25) is 0 Å². The molecule has 1 atom stereocenters. The van der Waals surface area contributed by atoms with Gasteiger partial charge >= 0.3 is 0 Å². The fraction of sp³-hybridized carbons (Fsp3) is 0.400. The molecule has 0 saturated carbocycles. The highest BCUT2D eigenvalue weighted by atomic mass is 79.9. The zero-order valence-corrected chi connectivity index (χ0v) is 8.34. The van der Waals surface area contributed by atoms with E-state index in [2.05, 4.69) is 28.1 Å². The Balaban J connectivity index is 2.43. The van der Waals surface area contributed by atoms with Crippen molar-refractivity contribution in [3.05, 3.63) is 33.8 Å². The number of rotatable bonds is 0. The second-order valence-corrected chi connectivity index (χ2v) is 4.13. The molecule has 1 nitrogen and oxygen atoms in total. The zero-order chi connectivity index (χ0) is 8.55. The Morgan fingerprint density at radius 2 is 2.25 bits per heavy atom. The summed E-state index contributed by atoms with van der Waals surface area (Å²) < 4.78 is 1.14. The van der Waals surface area contributed by atoms with E-state index in [1.807, 2.05) is 6.07 Å². The molecule has 0 spiro atoms. The molecule has 64 valence electrons. The SMILES string of the molecule is OC1CCc2cccc(Br)c2C1. The van der Waals surface area contributed by atoms with E-state index >= 15 is 0 Å². The minimum Gasteiger partial charge on any atom is -0.393 e. The van der Waals surface area contributed by atoms with Crippen molar-refractivity contribution < 1.29 is 5.11 Å². The van der Waals surface area contributed by atoms with Crippen molar-refractivity contribution in [2.75, 3.05) is 0 Å². The third-order valence-electron chi connectivity index (χ3n) is 2.40. The summed E-state index contributed by atoms with van der Waals surface area (Å²) in [5.74, 6) is 0. The number of hydrogen-bond donors (Lipinski definition) is 1. The Morgan fingerprint density at radius 3 is 3.08 bits per heavy atom. The predicted molar refractivity (Wildman–Crippen MR) is 52.2 cm³/mol. The number of benzene rings is 1. The maximum Gasteiger partial charge on any atom is 0.0584 e. The third-order valence-corrected chi connectivity index (χ3v) is 3.15. The van der Waals surface area contributed by atoms with Crippen LogP contribution in [0.5, 0.6) is 0 Å². The molecule has 2 heteroatoms. The van der Waals surface area contributed by atoms with E-state index < -0.39 is 0 Å². The standard InChI is InChI=1S/C10H11BrO/c11-10-3-1-2-7-4-5-8(12)6-9(7)10/h1-3,8,12H,4-6H2. The fourth-order valence-electron chi connectivity index (χ4n) is 1.73. The number of aliphatic hydroxyl groups is 1. The van der Waals surface area contributed by atoms with E-state index in [4.69, 9.17) is 0 Å². The monoisotopic (exact) mass is 226 g/mol. The van der Waals surface area contributed by atoms with Crippen LogP contribution >= 0.6 is 15.9 Å². The molecule has 1 unspecified atom stereocenters. The Hall–Kier alpha value is -0.340. The minimum absolute atomic E-state index is 0.142. The Kier molecular flexibility index (Phi) is 2.20. The minimum atomic E-state index is -0.142. The van der Waals surface area contributed by atoms with Crippen molar-refractivity contribution in [2.45, 2.75) is 25.4 Å². The van der Waals surface area contributed by atoms with Crippen molar-refractivity contribution in [1.29, 1.82) is 0 Å². The van der Waals surface area contributed by atoms with Gasteiger partial charge in [-0.05, 0) is 36.5 Å². The molecule has 0 bridgehead atoms. The second-order valence-electron chi connectivity index (χ2n) is 3.27. The zero-order valence-electron chi connectivity index (χ0n) is 6.76. The van der Waals surface area contributed by atoms with E-state index in [0.717, 1.165) is 23.7 Å². The lowest BCUT2D eigenvalue weighted by Gasteiger charge is -2.21. The average molecular weight is 227 g/mol. The first-order valence-corrected chi connectivity index (χ1v) is 5.01. The molecular formula is C10H11BrO. The molecule has 1 aliphatic carbocycles. The predicted octanol–water partition coefficient (Wildman–Crippen LogP) is 2.30. The van der Waals surface area contributed by atoms with Gasteiger partial charge in [0.1, 0.15) is 0 Å². The third kappa shape index (κ3) is 1.41. The summed E-state index contributed by atoms with van der Waals surface area (Å²) in [6.45, 7) is 0. The number of hydrogen-bond acceptors (Lipinski definition) is 1. The van der Waals surface area contributed by atoms with E-state index in [1.165, 1.54) is 11.1 Å². The molecule has 0 amide bonds. The van der Waals surface area contributed by atoms with Gasteiger partial charge in [-0.1, -0.05) is 28.1 Å². The highest BCUT2D eigenvalue weighted by Crippen LogP contribution is 2.27. The van der Waals surface area contributed by atoms with Crippen molar-refractivity contribution in [1.82, 2.24) is 0 Å². The van der Waals surface area contributed by atoms with Gasteiger partial charge in [-0.2, -0.15) is 0 Å². The van der Waals surface area contributed by atoms with Crippen molar-refractivity contribution >= 4 is 15.9 Å². The molecular weight excluding hydrogens is 216 g/mol. The van der Waals surface area contributed by atoms with Crippen LogP contribution in [0.25, 0.3) is 0 Å². The van der Waals surface area contributed by atoms with Crippen molar-refractivity contribution in [3.63, 3.8) is 0 Å². The molecule has 1 aromatic rings. The van der Waals surface area contributed by atoms with Gasteiger partial charge < -0.3 is 5.11 Å². The van der Waals surface area contributed by atoms with Crippen LogP contribution in [0.1, 0.15) is 17.5 Å². The topological polar surface area (TPSA) is 20.2 Å². The summed E-state index contributed by atoms with van der Waals surface area (Å²) >= 11 is 3.50. The highest BCUT2D eigenvalue weighted by Gasteiger charge is 2.17. The lowest BCUT2D eigenvalue weighted by molar-refractivity contribution is 0.158. The van der Waals surface area contributed by atoms with Crippen LogP contribution in [0.2, 0.25) is 0 Å². The number of aryl methyl sites for hydroxylation is 1. The van der Waals surface area contributed by atoms with Crippen LogP contribution in [-0.2, 0) is 12.8 Å². The summed E-state index contributed by atoms with van der Waals surface area (Å²) in [5, 5.41) is 9.46. The molecule has 12 heavy (non-hydrogen) atoms. The maximum absolute atomic E-state index is 9.46. The van der Waals surface area contributed by atoms with Gasteiger partial charge in [0.05, 0.1) is 6.10 Å². The molecule has 1 aliphatic rings. The largest absolute Gasteiger partial charge is 0.393 e. The molecule has 1 N–H and O–H groups in total. The van der Waals surface area contributed by atoms with Gasteiger partial charge in [0.2, 0.25) is 0 Å². The van der Waals surface area contributed by atoms with Gasteiger partial charge in [0.15, 0.2) is 0 Å². The summed E-state index contributed by atoms with van der Waals surface area (Å²) in [7, 11) is 0. The van der Waals surface area contributed by atoms with E-state index in [0.29, 0.717) is 0 Å². The molecule has 0 aliphatic heterocycles. The number of halogens is 1.